The number of benzene rings is 3. The molecule has 0 unspecified atom stereocenters. The summed E-state index contributed by atoms with van der Waals surface area (Å²) in [6.45, 7) is 0. The summed E-state index contributed by atoms with van der Waals surface area (Å²) in [5.74, 6) is 1.80. The van der Waals surface area contributed by atoms with E-state index in [0.29, 0.717) is 23.7 Å². The minimum atomic E-state index is -0.215. The van der Waals surface area contributed by atoms with E-state index in [1.807, 2.05) is 83.5 Å². The van der Waals surface area contributed by atoms with E-state index in [2.05, 4.69) is 5.32 Å². The fraction of sp³-hybridized carbons (Fsp3) is 0.154. The number of hydrogen-bond donors (Lipinski definition) is 1. The number of anilines is 1. The largest absolute Gasteiger partial charge is 0.497 e. The van der Waals surface area contributed by atoms with E-state index in [9.17, 15) is 4.79 Å². The first-order valence-electron chi connectivity index (χ1n) is 10.4. The van der Waals surface area contributed by atoms with Crippen molar-refractivity contribution in [2.24, 2.45) is 0 Å². The summed E-state index contributed by atoms with van der Waals surface area (Å²) in [5, 5.41) is 8.04. The van der Waals surface area contributed by atoms with Crippen molar-refractivity contribution in [1.29, 1.82) is 0 Å². The lowest BCUT2D eigenvalue weighted by atomic mass is 9.84. The van der Waals surface area contributed by atoms with Gasteiger partial charge in [-0.05, 0) is 18.2 Å². The molecule has 0 saturated heterocycles. The van der Waals surface area contributed by atoms with E-state index in [1.54, 1.807) is 14.2 Å². The van der Waals surface area contributed by atoms with Gasteiger partial charge in [0.05, 0.1) is 25.6 Å². The number of para-hydroxylation sites is 1. The third kappa shape index (κ3) is 3.39. The molecule has 0 spiro atoms. The van der Waals surface area contributed by atoms with Crippen LogP contribution in [0.25, 0.3) is 16.9 Å². The Labute approximate surface area is 186 Å². The van der Waals surface area contributed by atoms with Gasteiger partial charge in [-0.1, -0.05) is 54.6 Å². The number of carbonyl (C=O) groups excluding carboxylic acids is 1. The number of nitrogens with zero attached hydrogens (tertiary/aromatic N) is 2. The van der Waals surface area contributed by atoms with Gasteiger partial charge in [0.15, 0.2) is 0 Å². The van der Waals surface area contributed by atoms with Gasteiger partial charge in [0.25, 0.3) is 0 Å². The molecule has 6 nitrogen and oxygen atoms in total. The third-order valence-electron chi connectivity index (χ3n) is 5.78. The van der Waals surface area contributed by atoms with Gasteiger partial charge in [-0.2, -0.15) is 5.10 Å². The maximum absolute atomic E-state index is 12.8. The van der Waals surface area contributed by atoms with E-state index < -0.39 is 0 Å². The topological polar surface area (TPSA) is 65.4 Å². The van der Waals surface area contributed by atoms with Crippen LogP contribution in [0.4, 0.5) is 5.82 Å². The summed E-state index contributed by atoms with van der Waals surface area (Å²) < 4.78 is 12.9. The Morgan fingerprint density at radius 2 is 1.66 bits per heavy atom. The Morgan fingerprint density at radius 3 is 2.34 bits per heavy atom. The van der Waals surface area contributed by atoms with Gasteiger partial charge in [-0.3, -0.25) is 4.79 Å². The smallest absolute Gasteiger partial charge is 0.226 e. The SMILES string of the molecule is COc1ccc([C@@H]2CC(=O)Nc3c2c(-c2ccccc2)nn3-c2ccccc2)c(OC)c1. The number of fused-ring (bicyclic) bond motifs is 1. The van der Waals surface area contributed by atoms with Crippen molar-refractivity contribution < 1.29 is 14.3 Å². The Bertz CT molecular complexity index is 1270. The van der Waals surface area contributed by atoms with Crippen LogP contribution in [0.15, 0.2) is 78.9 Å². The molecule has 0 radical (unpaired) electrons. The van der Waals surface area contributed by atoms with Crippen molar-refractivity contribution >= 4 is 11.7 Å². The minimum Gasteiger partial charge on any atom is -0.497 e. The molecular formula is C26H23N3O3. The average Bonchev–Trinajstić information content (AvgIpc) is 3.23. The lowest BCUT2D eigenvalue weighted by Gasteiger charge is -2.26. The minimum absolute atomic E-state index is 0.0583. The summed E-state index contributed by atoms with van der Waals surface area (Å²) >= 11 is 0. The molecule has 0 bridgehead atoms. The Hall–Kier alpha value is -4.06. The highest BCUT2D eigenvalue weighted by molar-refractivity contribution is 5.97. The molecule has 1 aliphatic heterocycles. The highest BCUT2D eigenvalue weighted by Crippen LogP contribution is 2.46. The monoisotopic (exact) mass is 425 g/mol. The second-order valence-corrected chi connectivity index (χ2v) is 7.64. The zero-order valence-corrected chi connectivity index (χ0v) is 17.9. The Morgan fingerprint density at radius 1 is 0.938 bits per heavy atom. The summed E-state index contributed by atoms with van der Waals surface area (Å²) in [6.07, 6.45) is 0.302. The fourth-order valence-corrected chi connectivity index (χ4v) is 4.29. The first-order valence-corrected chi connectivity index (χ1v) is 10.4. The van der Waals surface area contributed by atoms with Crippen LogP contribution in [0, 0.1) is 0 Å². The first kappa shape index (κ1) is 19.9. The molecule has 1 aromatic heterocycles. The van der Waals surface area contributed by atoms with Gasteiger partial charge in [0, 0.05) is 35.1 Å². The Kier molecular flexibility index (Phi) is 5.11. The molecule has 1 N–H and O–H groups in total. The molecule has 1 atom stereocenters. The first-order chi connectivity index (χ1) is 15.7. The van der Waals surface area contributed by atoms with Gasteiger partial charge in [-0.25, -0.2) is 4.68 Å². The van der Waals surface area contributed by atoms with Gasteiger partial charge in [0.2, 0.25) is 5.91 Å². The number of nitrogens with one attached hydrogen (secondary N) is 1. The highest BCUT2D eigenvalue weighted by Gasteiger charge is 2.35. The van der Waals surface area contributed by atoms with Gasteiger partial charge in [0.1, 0.15) is 17.3 Å². The highest BCUT2D eigenvalue weighted by atomic mass is 16.5. The third-order valence-corrected chi connectivity index (χ3v) is 5.78. The molecule has 6 heteroatoms. The van der Waals surface area contributed by atoms with Crippen molar-refractivity contribution in [2.75, 3.05) is 19.5 Å². The van der Waals surface area contributed by atoms with E-state index in [1.165, 1.54) is 0 Å². The predicted octanol–water partition coefficient (Wildman–Crippen LogP) is 5.03. The van der Waals surface area contributed by atoms with E-state index in [0.717, 1.165) is 28.1 Å². The molecule has 1 amide bonds. The molecule has 3 aromatic carbocycles. The second-order valence-electron chi connectivity index (χ2n) is 7.64. The van der Waals surface area contributed by atoms with E-state index >= 15 is 0 Å². The van der Waals surface area contributed by atoms with Crippen molar-refractivity contribution in [1.82, 2.24) is 9.78 Å². The molecule has 1 aliphatic rings. The Balaban J connectivity index is 1.77. The molecule has 0 aliphatic carbocycles. The van der Waals surface area contributed by atoms with Crippen LogP contribution in [0.5, 0.6) is 11.5 Å². The molecule has 2 heterocycles. The maximum Gasteiger partial charge on any atom is 0.226 e. The van der Waals surface area contributed by atoms with Crippen molar-refractivity contribution in [2.45, 2.75) is 12.3 Å². The molecule has 5 rings (SSSR count). The number of methoxy groups -OCH3 is 2. The zero-order chi connectivity index (χ0) is 22.1. The molecule has 4 aromatic rings. The predicted molar refractivity (Wildman–Crippen MR) is 124 cm³/mol. The van der Waals surface area contributed by atoms with E-state index in [4.69, 9.17) is 14.6 Å². The van der Waals surface area contributed by atoms with Crippen LogP contribution in [-0.4, -0.2) is 29.9 Å². The van der Waals surface area contributed by atoms with Crippen LogP contribution in [0.2, 0.25) is 0 Å². The van der Waals surface area contributed by atoms with Gasteiger partial charge in [-0.15, -0.1) is 0 Å². The van der Waals surface area contributed by atoms with Gasteiger partial charge >= 0.3 is 0 Å². The maximum atomic E-state index is 12.8. The van der Waals surface area contributed by atoms with Crippen LogP contribution in [0.3, 0.4) is 0 Å². The summed E-state index contributed by atoms with van der Waals surface area (Å²) in [6, 6.07) is 25.6. The summed E-state index contributed by atoms with van der Waals surface area (Å²) in [4.78, 5) is 12.8. The van der Waals surface area contributed by atoms with Crippen LogP contribution < -0.4 is 14.8 Å². The molecular weight excluding hydrogens is 402 g/mol. The number of aromatic nitrogens is 2. The van der Waals surface area contributed by atoms with Gasteiger partial charge < -0.3 is 14.8 Å². The fourth-order valence-electron chi connectivity index (χ4n) is 4.29. The van der Waals surface area contributed by atoms with Crippen molar-refractivity contribution in [3.8, 4) is 28.4 Å². The number of ether oxygens (including phenoxy) is 2. The van der Waals surface area contributed by atoms with Crippen LogP contribution in [-0.2, 0) is 4.79 Å². The van der Waals surface area contributed by atoms with Crippen LogP contribution in [0.1, 0.15) is 23.5 Å². The quantitative estimate of drug-likeness (QED) is 0.487. The molecule has 0 saturated carbocycles. The lowest BCUT2D eigenvalue weighted by Crippen LogP contribution is -2.25. The normalized spacial score (nSPS) is 15.1. The molecule has 32 heavy (non-hydrogen) atoms. The van der Waals surface area contributed by atoms with E-state index in [-0.39, 0.29) is 11.8 Å². The van der Waals surface area contributed by atoms with Crippen molar-refractivity contribution in [3.05, 3.63) is 90.0 Å². The second kappa shape index (κ2) is 8.23. The molecule has 0 fully saturated rings. The average molecular weight is 425 g/mol. The number of amides is 1. The number of hydrogen-bond acceptors (Lipinski definition) is 4. The lowest BCUT2D eigenvalue weighted by molar-refractivity contribution is -0.116. The number of carbonyl (C=O) groups is 1. The molecule has 160 valence electrons. The summed E-state index contributed by atoms with van der Waals surface area (Å²) in [7, 11) is 3.26. The summed E-state index contributed by atoms with van der Waals surface area (Å²) in [5.41, 5.74) is 4.62. The standard InChI is InChI=1S/C26H23N3O3/c1-31-19-13-14-20(22(15-19)32-2)21-16-23(30)27-26-24(21)25(17-9-5-3-6-10-17)28-29(26)18-11-7-4-8-12-18/h3-15,21H,16H2,1-2H3,(H,27,30)/t21-/m0/s1. The van der Waals surface area contributed by atoms with Crippen LogP contribution >= 0.6 is 0 Å². The number of rotatable bonds is 5. The zero-order valence-electron chi connectivity index (χ0n) is 17.9. The van der Waals surface area contributed by atoms with Crippen molar-refractivity contribution in [3.63, 3.8) is 0 Å².